The Balaban J connectivity index is 1.47. The maximum atomic E-state index is 11.9. The van der Waals surface area contributed by atoms with E-state index in [2.05, 4.69) is 69.8 Å². The molecule has 0 aliphatic heterocycles. The molecule has 2 heterocycles. The Morgan fingerprint density at radius 3 is 2.45 bits per heavy atom. The second-order valence-electron chi connectivity index (χ2n) is 10.9. The predicted octanol–water partition coefficient (Wildman–Crippen LogP) is 6.51. The highest BCUT2D eigenvalue weighted by Gasteiger charge is 2.18. The highest BCUT2D eigenvalue weighted by molar-refractivity contribution is 5.76. The summed E-state index contributed by atoms with van der Waals surface area (Å²) in [4.78, 5) is 14.2. The summed E-state index contributed by atoms with van der Waals surface area (Å²) in [5, 5.41) is 12.2. The molecule has 0 atom stereocenters. The van der Waals surface area contributed by atoms with Gasteiger partial charge in [-0.1, -0.05) is 22.5 Å². The van der Waals surface area contributed by atoms with E-state index in [1.807, 2.05) is 40.8 Å². The zero-order valence-electron chi connectivity index (χ0n) is 24.3. The number of carbonyl (C=O) groups excluding carboxylic acids is 1. The molecule has 2 aromatic carbocycles. The fourth-order valence-corrected chi connectivity index (χ4v) is 4.65. The van der Waals surface area contributed by atoms with Crippen LogP contribution in [0.25, 0.3) is 16.8 Å². The second kappa shape index (κ2) is 12.9. The van der Waals surface area contributed by atoms with Gasteiger partial charge in [-0.15, -0.1) is 5.10 Å². The summed E-state index contributed by atoms with van der Waals surface area (Å²) in [6.45, 7) is 12.9. The molecular formula is C31H39N5O4. The van der Waals surface area contributed by atoms with E-state index in [4.69, 9.17) is 14.0 Å². The third kappa shape index (κ3) is 7.57. The van der Waals surface area contributed by atoms with Gasteiger partial charge >= 0.3 is 5.97 Å². The van der Waals surface area contributed by atoms with Gasteiger partial charge in [-0.3, -0.25) is 0 Å². The van der Waals surface area contributed by atoms with E-state index in [1.165, 1.54) is 5.56 Å². The van der Waals surface area contributed by atoms with Crippen LogP contribution >= 0.6 is 0 Å². The number of anilines is 2. The molecule has 0 spiro atoms. The summed E-state index contributed by atoms with van der Waals surface area (Å²) in [5.41, 5.74) is 6.83. The van der Waals surface area contributed by atoms with Crippen molar-refractivity contribution in [1.29, 1.82) is 0 Å². The number of carbonyl (C=O) groups is 1. The maximum absolute atomic E-state index is 11.9. The van der Waals surface area contributed by atoms with Gasteiger partial charge in [-0.25, -0.2) is 9.48 Å². The van der Waals surface area contributed by atoms with Gasteiger partial charge in [0.2, 0.25) is 0 Å². The highest BCUT2D eigenvalue weighted by atomic mass is 16.6. The minimum Gasteiger partial charge on any atom is -0.458 e. The van der Waals surface area contributed by atoms with E-state index >= 15 is 0 Å². The van der Waals surface area contributed by atoms with Crippen molar-refractivity contribution in [2.45, 2.75) is 66.4 Å². The molecule has 0 fully saturated rings. The quantitative estimate of drug-likeness (QED) is 0.147. The van der Waals surface area contributed by atoms with Gasteiger partial charge in [-0.05, 0) is 102 Å². The van der Waals surface area contributed by atoms with E-state index in [9.17, 15) is 4.79 Å². The summed E-state index contributed by atoms with van der Waals surface area (Å²) in [6, 6.07) is 14.8. The first-order valence-corrected chi connectivity index (χ1v) is 13.7. The third-order valence-electron chi connectivity index (χ3n) is 6.48. The normalized spacial score (nSPS) is 11.6. The molecule has 0 amide bonds. The van der Waals surface area contributed by atoms with Gasteiger partial charge in [0.1, 0.15) is 18.0 Å². The Morgan fingerprint density at radius 1 is 1.02 bits per heavy atom. The van der Waals surface area contributed by atoms with E-state index in [0.717, 1.165) is 65.5 Å². The first kappa shape index (κ1) is 29.0. The van der Waals surface area contributed by atoms with Crippen molar-refractivity contribution in [3.63, 3.8) is 0 Å². The third-order valence-corrected chi connectivity index (χ3v) is 6.48. The average Bonchev–Trinajstić information content (AvgIpc) is 3.56. The second-order valence-corrected chi connectivity index (χ2v) is 10.9. The summed E-state index contributed by atoms with van der Waals surface area (Å²) in [5.74, 6) is 0.476. The van der Waals surface area contributed by atoms with Gasteiger partial charge in [0, 0.05) is 30.1 Å². The van der Waals surface area contributed by atoms with Crippen molar-refractivity contribution in [3.05, 3.63) is 71.9 Å². The fraction of sp³-hybridized carbons (Fsp3) is 0.419. The molecule has 0 unspecified atom stereocenters. The number of unbranched alkanes of at least 4 members (excludes halogenated alkanes) is 2. The molecule has 0 saturated carbocycles. The number of esters is 1. The molecule has 0 aliphatic carbocycles. The van der Waals surface area contributed by atoms with Crippen molar-refractivity contribution >= 4 is 17.3 Å². The van der Waals surface area contributed by atoms with Gasteiger partial charge in [-0.2, -0.15) is 0 Å². The fourth-order valence-electron chi connectivity index (χ4n) is 4.65. The van der Waals surface area contributed by atoms with Gasteiger partial charge in [0.05, 0.1) is 23.8 Å². The van der Waals surface area contributed by atoms with Crippen molar-refractivity contribution < 1.29 is 18.8 Å². The lowest BCUT2D eigenvalue weighted by Gasteiger charge is -2.28. The Bertz CT molecular complexity index is 1370. The average molecular weight is 546 g/mol. The van der Waals surface area contributed by atoms with Crippen LogP contribution in [0, 0.1) is 20.8 Å². The van der Waals surface area contributed by atoms with Crippen LogP contribution in [0.1, 0.15) is 57.1 Å². The van der Waals surface area contributed by atoms with Crippen molar-refractivity contribution in [2.75, 3.05) is 24.7 Å². The molecule has 4 aromatic rings. The van der Waals surface area contributed by atoms with Crippen LogP contribution in [0.2, 0.25) is 0 Å². The molecule has 2 aromatic heterocycles. The lowest BCUT2D eigenvalue weighted by molar-refractivity contribution is -0.160. The molecule has 212 valence electrons. The highest BCUT2D eigenvalue weighted by Crippen LogP contribution is 2.35. The first-order valence-electron chi connectivity index (χ1n) is 13.7. The van der Waals surface area contributed by atoms with Crippen LogP contribution in [-0.4, -0.2) is 51.5 Å². The molecule has 0 bridgehead atoms. The Kier molecular flexibility index (Phi) is 9.37. The monoisotopic (exact) mass is 545 g/mol. The molecule has 0 radical (unpaired) electrons. The molecule has 4 rings (SSSR count). The standard InChI is InChI=1S/C31H39N5O4/c1-22-10-11-25(30-23(2)33-40-24(30)3)20-28(22)35(26-12-14-27(15-13-26)36-18-16-32-34-36)17-8-7-9-19-38-21-29(37)39-31(4,5)6/h10-16,18,20H,7-9,17,19,21H2,1-6H3. The number of aromatic nitrogens is 4. The topological polar surface area (TPSA) is 95.5 Å². The van der Waals surface area contributed by atoms with Crippen LogP contribution in [0.3, 0.4) is 0 Å². The van der Waals surface area contributed by atoms with Crippen LogP contribution in [0.5, 0.6) is 0 Å². The van der Waals surface area contributed by atoms with E-state index in [0.29, 0.717) is 6.61 Å². The number of rotatable bonds is 12. The predicted molar refractivity (Wildman–Crippen MR) is 155 cm³/mol. The summed E-state index contributed by atoms with van der Waals surface area (Å²) >= 11 is 0. The number of nitrogens with zero attached hydrogens (tertiary/aromatic N) is 5. The lowest BCUT2D eigenvalue weighted by atomic mass is 10.0. The number of aryl methyl sites for hydroxylation is 3. The lowest BCUT2D eigenvalue weighted by Crippen LogP contribution is -2.26. The molecular weight excluding hydrogens is 506 g/mol. The Morgan fingerprint density at radius 2 is 1.80 bits per heavy atom. The van der Waals surface area contributed by atoms with Crippen molar-refractivity contribution in [1.82, 2.24) is 20.2 Å². The SMILES string of the molecule is Cc1ccc(-c2c(C)noc2C)cc1N(CCCCCOCC(=O)OC(C)(C)C)c1ccc(-n2ccnn2)cc1. The molecule has 9 nitrogen and oxygen atoms in total. The first-order chi connectivity index (χ1) is 19.1. The van der Waals surface area contributed by atoms with Crippen molar-refractivity contribution in [2.24, 2.45) is 0 Å². The Labute approximate surface area is 236 Å². The summed E-state index contributed by atoms with van der Waals surface area (Å²) in [6.07, 6.45) is 6.27. The van der Waals surface area contributed by atoms with Gasteiger partial charge in [0.25, 0.3) is 0 Å². The van der Waals surface area contributed by atoms with Crippen LogP contribution in [-0.2, 0) is 14.3 Å². The zero-order chi connectivity index (χ0) is 28.7. The molecule has 40 heavy (non-hydrogen) atoms. The van der Waals surface area contributed by atoms with Crippen LogP contribution in [0.4, 0.5) is 11.4 Å². The van der Waals surface area contributed by atoms with E-state index < -0.39 is 5.60 Å². The number of hydrogen-bond acceptors (Lipinski definition) is 8. The Hall–Kier alpha value is -3.98. The number of benzene rings is 2. The number of hydrogen-bond donors (Lipinski definition) is 0. The van der Waals surface area contributed by atoms with Crippen LogP contribution in [0.15, 0.2) is 59.4 Å². The summed E-state index contributed by atoms with van der Waals surface area (Å²) < 4.78 is 18.0. The molecule has 0 aliphatic rings. The molecule has 9 heteroatoms. The smallest absolute Gasteiger partial charge is 0.332 e. The van der Waals surface area contributed by atoms with E-state index in [-0.39, 0.29) is 12.6 Å². The summed E-state index contributed by atoms with van der Waals surface area (Å²) in [7, 11) is 0. The van der Waals surface area contributed by atoms with Gasteiger partial charge < -0.3 is 18.9 Å². The minimum atomic E-state index is -0.502. The van der Waals surface area contributed by atoms with Gasteiger partial charge in [0.15, 0.2) is 0 Å². The number of ether oxygens (including phenoxy) is 2. The van der Waals surface area contributed by atoms with Crippen molar-refractivity contribution in [3.8, 4) is 16.8 Å². The van der Waals surface area contributed by atoms with Crippen LogP contribution < -0.4 is 4.90 Å². The zero-order valence-corrected chi connectivity index (χ0v) is 24.3. The largest absolute Gasteiger partial charge is 0.458 e. The minimum absolute atomic E-state index is 0.0186. The molecule has 0 saturated heterocycles. The molecule has 0 N–H and O–H groups in total. The maximum Gasteiger partial charge on any atom is 0.332 e. The van der Waals surface area contributed by atoms with E-state index in [1.54, 1.807) is 10.9 Å².